The molecule has 2 rings (SSSR count). The van der Waals surface area contributed by atoms with Crippen molar-refractivity contribution in [2.75, 3.05) is 7.11 Å². The molecule has 2 aromatic rings. The summed E-state index contributed by atoms with van der Waals surface area (Å²) in [7, 11) is 1.67. The van der Waals surface area contributed by atoms with Gasteiger partial charge in [-0.3, -0.25) is 0 Å². The third-order valence-corrected chi connectivity index (χ3v) is 2.76. The number of rotatable bonds is 4. The van der Waals surface area contributed by atoms with Crippen molar-refractivity contribution >= 4 is 18.2 Å². The Kier molecular flexibility index (Phi) is 3.98. The number of hydrogen-bond acceptors (Lipinski definition) is 1. The van der Waals surface area contributed by atoms with Gasteiger partial charge >= 0.3 is 0 Å². The third-order valence-electron chi connectivity index (χ3n) is 2.76. The van der Waals surface area contributed by atoms with E-state index >= 15 is 0 Å². The van der Waals surface area contributed by atoms with Crippen LogP contribution < -0.4 is 4.74 Å². The molecule has 0 unspecified atom stereocenters. The second-order valence-electron chi connectivity index (χ2n) is 3.98. The molecule has 0 atom stereocenters. The van der Waals surface area contributed by atoms with Crippen molar-refractivity contribution in [1.82, 2.24) is 0 Å². The zero-order chi connectivity index (χ0) is 12.8. The van der Waals surface area contributed by atoms with Crippen LogP contribution >= 0.6 is 0 Å². The molecule has 2 aromatic carbocycles. The lowest BCUT2D eigenvalue weighted by Gasteiger charge is -1.99. The molecule has 0 aliphatic rings. The number of methoxy groups -OCH3 is 1. The van der Waals surface area contributed by atoms with Gasteiger partial charge in [-0.15, -0.1) is 0 Å². The van der Waals surface area contributed by atoms with E-state index in [2.05, 4.69) is 43.0 Å². The minimum Gasteiger partial charge on any atom is -0.497 e. The van der Waals surface area contributed by atoms with Crippen molar-refractivity contribution in [2.24, 2.45) is 0 Å². The molecule has 18 heavy (non-hydrogen) atoms. The molecule has 0 aliphatic carbocycles. The molecular weight excluding hydrogens is 220 g/mol. The van der Waals surface area contributed by atoms with Gasteiger partial charge in [0.05, 0.1) is 7.11 Å². The molecule has 0 saturated carbocycles. The quantitative estimate of drug-likeness (QED) is 0.710. The molecule has 0 saturated heterocycles. The van der Waals surface area contributed by atoms with E-state index in [1.54, 1.807) is 7.11 Å². The Balaban J connectivity index is 2.10. The van der Waals surface area contributed by atoms with Crippen molar-refractivity contribution in [3.63, 3.8) is 0 Å². The first-order valence-electron chi connectivity index (χ1n) is 5.86. The normalized spacial score (nSPS) is 10.5. The topological polar surface area (TPSA) is 9.23 Å². The second kappa shape index (κ2) is 5.87. The van der Waals surface area contributed by atoms with Crippen LogP contribution in [0.5, 0.6) is 5.75 Å². The van der Waals surface area contributed by atoms with Crippen molar-refractivity contribution in [3.8, 4) is 5.75 Å². The highest BCUT2D eigenvalue weighted by atomic mass is 16.5. The minimum absolute atomic E-state index is 0.877. The lowest BCUT2D eigenvalue weighted by atomic mass is 10.1. The maximum Gasteiger partial charge on any atom is 0.118 e. The lowest BCUT2D eigenvalue weighted by Crippen LogP contribution is -1.81. The number of hydrogen-bond donors (Lipinski definition) is 0. The lowest BCUT2D eigenvalue weighted by molar-refractivity contribution is 0.415. The molecule has 0 fully saturated rings. The van der Waals surface area contributed by atoms with Crippen molar-refractivity contribution in [3.05, 3.63) is 71.8 Å². The Bertz CT molecular complexity index is 533. The molecule has 0 spiro atoms. The largest absolute Gasteiger partial charge is 0.497 e. The Morgan fingerprint density at radius 3 is 1.67 bits per heavy atom. The summed E-state index contributed by atoms with van der Waals surface area (Å²) >= 11 is 0. The summed E-state index contributed by atoms with van der Waals surface area (Å²) in [6, 6.07) is 16.3. The van der Waals surface area contributed by atoms with Gasteiger partial charge in [0.25, 0.3) is 0 Å². The molecule has 0 bridgehead atoms. The van der Waals surface area contributed by atoms with Crippen LogP contribution in [0, 0.1) is 0 Å². The molecule has 0 amide bonds. The van der Waals surface area contributed by atoms with Gasteiger partial charge in [0.1, 0.15) is 5.75 Å². The zero-order valence-electron chi connectivity index (χ0n) is 10.5. The van der Waals surface area contributed by atoms with Crippen LogP contribution in [0.4, 0.5) is 0 Å². The van der Waals surface area contributed by atoms with Crippen LogP contribution in [-0.4, -0.2) is 7.11 Å². The molecule has 0 heterocycles. The summed E-state index contributed by atoms with van der Waals surface area (Å²) in [4.78, 5) is 0. The van der Waals surface area contributed by atoms with Crippen LogP contribution in [0.2, 0.25) is 0 Å². The van der Waals surface area contributed by atoms with E-state index in [9.17, 15) is 0 Å². The smallest absolute Gasteiger partial charge is 0.118 e. The molecular formula is C17H16O. The summed E-state index contributed by atoms with van der Waals surface area (Å²) in [6.45, 7) is 3.74. The molecule has 0 aliphatic heterocycles. The van der Waals surface area contributed by atoms with Gasteiger partial charge in [-0.2, -0.15) is 0 Å². The standard InChI is InChI=1S/C17H16O/c1-3-14-4-6-15(7-5-14)8-9-16-10-12-17(18-2)13-11-16/h3-13H,1H2,2H3/b9-8+. The van der Waals surface area contributed by atoms with Gasteiger partial charge < -0.3 is 4.74 Å². The van der Waals surface area contributed by atoms with Crippen molar-refractivity contribution in [1.29, 1.82) is 0 Å². The summed E-state index contributed by atoms with van der Waals surface area (Å²) in [5, 5.41) is 0. The highest BCUT2D eigenvalue weighted by molar-refractivity contribution is 5.70. The van der Waals surface area contributed by atoms with Crippen LogP contribution in [0.3, 0.4) is 0 Å². The van der Waals surface area contributed by atoms with Gasteiger partial charge in [-0.25, -0.2) is 0 Å². The summed E-state index contributed by atoms with van der Waals surface area (Å²) < 4.78 is 5.12. The van der Waals surface area contributed by atoms with E-state index in [1.165, 1.54) is 5.56 Å². The number of ether oxygens (including phenoxy) is 1. The first-order chi connectivity index (χ1) is 8.81. The average molecular weight is 236 g/mol. The van der Waals surface area contributed by atoms with Gasteiger partial charge in [0, 0.05) is 0 Å². The van der Waals surface area contributed by atoms with E-state index in [4.69, 9.17) is 4.74 Å². The molecule has 1 heteroatoms. The highest BCUT2D eigenvalue weighted by Crippen LogP contribution is 2.14. The van der Waals surface area contributed by atoms with Gasteiger partial charge in [0.15, 0.2) is 0 Å². The van der Waals surface area contributed by atoms with Crippen molar-refractivity contribution in [2.45, 2.75) is 0 Å². The van der Waals surface area contributed by atoms with E-state index in [1.807, 2.05) is 30.3 Å². The SMILES string of the molecule is C=Cc1ccc(/C=C/c2ccc(OC)cc2)cc1. The van der Waals surface area contributed by atoms with E-state index in [0.717, 1.165) is 16.9 Å². The van der Waals surface area contributed by atoms with Crippen LogP contribution in [0.25, 0.3) is 18.2 Å². The van der Waals surface area contributed by atoms with Crippen LogP contribution in [0.1, 0.15) is 16.7 Å². The fraction of sp³-hybridized carbons (Fsp3) is 0.0588. The van der Waals surface area contributed by atoms with Gasteiger partial charge in [-0.05, 0) is 28.8 Å². The third kappa shape index (κ3) is 3.11. The minimum atomic E-state index is 0.877. The maximum absolute atomic E-state index is 5.12. The second-order valence-corrected chi connectivity index (χ2v) is 3.98. The zero-order valence-corrected chi connectivity index (χ0v) is 10.5. The Labute approximate surface area is 108 Å². The van der Waals surface area contributed by atoms with E-state index in [-0.39, 0.29) is 0 Å². The summed E-state index contributed by atoms with van der Waals surface area (Å²) in [5.41, 5.74) is 3.47. The Hall–Kier alpha value is -2.28. The Morgan fingerprint density at radius 2 is 1.22 bits per heavy atom. The summed E-state index contributed by atoms with van der Waals surface area (Å²) in [5.74, 6) is 0.877. The maximum atomic E-state index is 5.12. The summed E-state index contributed by atoms with van der Waals surface area (Å²) in [6.07, 6.45) is 6.02. The Morgan fingerprint density at radius 1 is 0.778 bits per heavy atom. The molecule has 0 radical (unpaired) electrons. The predicted octanol–water partition coefficient (Wildman–Crippen LogP) is 4.51. The molecule has 1 nitrogen and oxygen atoms in total. The average Bonchev–Trinajstić information content (AvgIpc) is 2.46. The van der Waals surface area contributed by atoms with E-state index in [0.29, 0.717) is 0 Å². The van der Waals surface area contributed by atoms with Gasteiger partial charge in [0.2, 0.25) is 0 Å². The van der Waals surface area contributed by atoms with Gasteiger partial charge in [-0.1, -0.05) is 61.2 Å². The van der Waals surface area contributed by atoms with Crippen molar-refractivity contribution < 1.29 is 4.74 Å². The molecule has 0 aromatic heterocycles. The predicted molar refractivity (Wildman–Crippen MR) is 78.5 cm³/mol. The first-order valence-corrected chi connectivity index (χ1v) is 5.86. The molecule has 90 valence electrons. The fourth-order valence-corrected chi connectivity index (χ4v) is 1.65. The van der Waals surface area contributed by atoms with Crippen LogP contribution in [0.15, 0.2) is 55.1 Å². The monoisotopic (exact) mass is 236 g/mol. The fourth-order valence-electron chi connectivity index (χ4n) is 1.65. The van der Waals surface area contributed by atoms with Crippen LogP contribution in [-0.2, 0) is 0 Å². The first kappa shape index (κ1) is 12.2. The molecule has 0 N–H and O–H groups in total. The highest BCUT2D eigenvalue weighted by Gasteiger charge is 1.91. The van der Waals surface area contributed by atoms with E-state index < -0.39 is 0 Å². The number of benzene rings is 2.